The third-order valence-corrected chi connectivity index (χ3v) is 27.4. The summed E-state index contributed by atoms with van der Waals surface area (Å²) in [5, 5.41) is 8.76. The summed E-state index contributed by atoms with van der Waals surface area (Å²) in [4.78, 5) is 0. The predicted molar refractivity (Wildman–Crippen MR) is 189 cm³/mol. The maximum Gasteiger partial charge on any atom is 0.0718 e. The Morgan fingerprint density at radius 3 is 0.529 bits per heavy atom. The summed E-state index contributed by atoms with van der Waals surface area (Å²) in [6, 6.07) is 0. The SMILES string of the molecule is C1=CSC(=C2SC3=C(S2)SC(=C2SC4=C(S2)SC(=C2SC5=C(SC(=C6SC=CS6)S5)S2)S4)S3)S1. The summed E-state index contributed by atoms with van der Waals surface area (Å²) >= 11 is 31.3. The molecule has 0 unspecified atom stereocenters. The van der Waals surface area contributed by atoms with E-state index in [1.807, 2.05) is 188 Å². The van der Waals surface area contributed by atoms with Crippen LogP contribution in [-0.2, 0) is 0 Å². The molecule has 0 aromatic rings. The molecular weight excluding hydrogens is 729 g/mol. The van der Waals surface area contributed by atoms with Gasteiger partial charge in [-0.05, 0) is 21.6 Å². The molecule has 0 saturated heterocycles. The first-order valence-electron chi connectivity index (χ1n) is 9.07. The maximum absolute atomic E-state index is 2.19. The van der Waals surface area contributed by atoms with Gasteiger partial charge in [0.1, 0.15) is 0 Å². The molecule has 34 heavy (non-hydrogen) atoms. The van der Waals surface area contributed by atoms with E-state index < -0.39 is 0 Å². The van der Waals surface area contributed by atoms with Crippen molar-refractivity contribution in [2.75, 3.05) is 0 Å². The molecule has 0 radical (unpaired) electrons. The van der Waals surface area contributed by atoms with Gasteiger partial charge in [-0.2, -0.15) is 0 Å². The lowest BCUT2D eigenvalue weighted by atomic mass is 11.2. The summed E-state index contributed by atoms with van der Waals surface area (Å²) in [6.07, 6.45) is 0. The average Bonchev–Trinajstić information content (AvgIpc) is 3.64. The van der Waals surface area contributed by atoms with Crippen LogP contribution in [0.15, 0.2) is 81.0 Å². The fourth-order valence-corrected chi connectivity index (χ4v) is 26.8. The summed E-state index contributed by atoms with van der Waals surface area (Å²) in [6.45, 7) is 0. The van der Waals surface area contributed by atoms with Crippen LogP contribution < -0.4 is 0 Å². The fraction of sp³-hybridized carbons (Fsp3) is 0. The molecule has 0 aromatic carbocycles. The molecule has 0 atom stereocenters. The molecule has 0 fully saturated rings. The first-order valence-corrected chi connectivity index (χ1v) is 22.4. The zero-order chi connectivity index (χ0) is 22.2. The minimum absolute atomic E-state index is 1.44. The zero-order valence-electron chi connectivity index (χ0n) is 15.8. The maximum atomic E-state index is 2.19. The van der Waals surface area contributed by atoms with Crippen molar-refractivity contribution < 1.29 is 0 Å². The lowest BCUT2D eigenvalue weighted by molar-refractivity contribution is 2.34. The molecule has 0 nitrogen and oxygen atoms in total. The van der Waals surface area contributed by atoms with Crippen LogP contribution in [0.25, 0.3) is 0 Å². The Morgan fingerprint density at radius 1 is 0.206 bits per heavy atom. The molecule has 0 bridgehead atoms. The Balaban J connectivity index is 0.906. The monoisotopic (exact) mass is 732 g/mol. The Kier molecular flexibility index (Phi) is 7.79. The Bertz CT molecular complexity index is 1160. The molecule has 8 aliphatic rings. The van der Waals surface area contributed by atoms with Gasteiger partial charge in [-0.3, -0.25) is 0 Å². The molecule has 16 heteroatoms. The highest BCUT2D eigenvalue weighted by molar-refractivity contribution is 8.53. The standard InChI is InChI=1S/C18H4S16/c1-2-20-5(19-1)7-23-9-10(24-7)28-13(27-9)15-31-17-18(32-15)34-16(33-17)14-29-11-12(30-14)26-8(25-11)6-21-3-4-22-6/h1-4H. The Labute approximate surface area is 265 Å². The Morgan fingerprint density at radius 2 is 0.353 bits per heavy atom. The molecule has 0 aliphatic carbocycles. The van der Waals surface area contributed by atoms with Gasteiger partial charge in [0, 0.05) is 0 Å². The summed E-state index contributed by atoms with van der Waals surface area (Å²) in [5.74, 6) is 0. The fourth-order valence-electron chi connectivity index (χ4n) is 2.87. The largest absolute Gasteiger partial charge is 0.0884 e. The first-order chi connectivity index (χ1) is 16.8. The van der Waals surface area contributed by atoms with Crippen LogP contribution >= 0.6 is 188 Å². The molecule has 8 rings (SSSR count). The topological polar surface area (TPSA) is 0 Å². The van der Waals surface area contributed by atoms with Crippen LogP contribution in [0, 0.1) is 0 Å². The summed E-state index contributed by atoms with van der Waals surface area (Å²) in [5.41, 5.74) is 0. The van der Waals surface area contributed by atoms with E-state index in [0.29, 0.717) is 0 Å². The van der Waals surface area contributed by atoms with E-state index in [0.717, 1.165) is 0 Å². The molecule has 172 valence electrons. The van der Waals surface area contributed by atoms with Gasteiger partial charge in [-0.15, -0.1) is 0 Å². The van der Waals surface area contributed by atoms with Crippen LogP contribution in [-0.4, -0.2) is 0 Å². The van der Waals surface area contributed by atoms with Gasteiger partial charge in [0.05, 0.1) is 59.3 Å². The number of rotatable bonds is 0. The highest BCUT2D eigenvalue weighted by atomic mass is 32.3. The van der Waals surface area contributed by atoms with Crippen molar-refractivity contribution in [3.8, 4) is 0 Å². The average molecular weight is 733 g/mol. The van der Waals surface area contributed by atoms with Crippen LogP contribution in [0.1, 0.15) is 0 Å². The van der Waals surface area contributed by atoms with Gasteiger partial charge in [-0.25, -0.2) is 0 Å². The molecule has 0 spiro atoms. The zero-order valence-corrected chi connectivity index (χ0v) is 28.9. The predicted octanol–water partition coefficient (Wildman–Crippen LogP) is 13.7. The molecule has 0 saturated carbocycles. The van der Waals surface area contributed by atoms with Crippen molar-refractivity contribution in [1.29, 1.82) is 0 Å². The summed E-state index contributed by atoms with van der Waals surface area (Å²) in [7, 11) is 0. The quantitative estimate of drug-likeness (QED) is 0.232. The molecule has 0 aromatic heterocycles. The van der Waals surface area contributed by atoms with Crippen molar-refractivity contribution in [3.63, 3.8) is 0 Å². The van der Waals surface area contributed by atoms with E-state index in [-0.39, 0.29) is 0 Å². The highest BCUT2D eigenvalue weighted by Gasteiger charge is 2.40. The first kappa shape index (κ1) is 25.0. The van der Waals surface area contributed by atoms with Gasteiger partial charge in [0.2, 0.25) is 0 Å². The minimum Gasteiger partial charge on any atom is -0.0884 e. The van der Waals surface area contributed by atoms with Crippen molar-refractivity contribution in [2.24, 2.45) is 0 Å². The van der Waals surface area contributed by atoms with Gasteiger partial charge < -0.3 is 0 Å². The van der Waals surface area contributed by atoms with Gasteiger partial charge in [0.15, 0.2) is 0 Å². The van der Waals surface area contributed by atoms with E-state index in [1.54, 1.807) is 0 Å². The van der Waals surface area contributed by atoms with Crippen LogP contribution in [0.5, 0.6) is 0 Å². The van der Waals surface area contributed by atoms with Gasteiger partial charge in [0.25, 0.3) is 0 Å². The summed E-state index contributed by atoms with van der Waals surface area (Å²) < 4.78 is 20.7. The van der Waals surface area contributed by atoms with E-state index in [1.165, 1.54) is 59.3 Å². The van der Waals surface area contributed by atoms with E-state index in [9.17, 15) is 0 Å². The second-order valence-corrected chi connectivity index (χ2v) is 25.8. The number of hydrogen-bond acceptors (Lipinski definition) is 16. The minimum atomic E-state index is 1.44. The second kappa shape index (κ2) is 10.6. The molecule has 0 amide bonds. The number of thioether (sulfide) groups is 16. The third-order valence-electron chi connectivity index (χ3n) is 4.20. The molecular formula is C18H4S16. The van der Waals surface area contributed by atoms with Crippen molar-refractivity contribution in [2.45, 2.75) is 0 Å². The van der Waals surface area contributed by atoms with Crippen molar-refractivity contribution in [1.82, 2.24) is 0 Å². The van der Waals surface area contributed by atoms with E-state index in [2.05, 4.69) is 21.6 Å². The molecule has 8 aliphatic heterocycles. The lowest BCUT2D eigenvalue weighted by Gasteiger charge is -2.10. The van der Waals surface area contributed by atoms with Crippen LogP contribution in [0.3, 0.4) is 0 Å². The molecule has 0 N–H and O–H groups in total. The van der Waals surface area contributed by atoms with Gasteiger partial charge in [-0.1, -0.05) is 188 Å². The Hall–Kier alpha value is 3.26. The van der Waals surface area contributed by atoms with Gasteiger partial charge >= 0.3 is 0 Å². The highest BCUT2D eigenvalue weighted by Crippen LogP contribution is 2.76. The smallest absolute Gasteiger partial charge is 0.0718 e. The van der Waals surface area contributed by atoms with Crippen LogP contribution in [0.2, 0.25) is 0 Å². The number of hydrogen-bond donors (Lipinski definition) is 0. The van der Waals surface area contributed by atoms with E-state index in [4.69, 9.17) is 0 Å². The third kappa shape index (κ3) is 4.76. The van der Waals surface area contributed by atoms with Crippen molar-refractivity contribution in [3.05, 3.63) is 81.0 Å². The van der Waals surface area contributed by atoms with Crippen LogP contribution in [0.4, 0.5) is 0 Å². The second-order valence-electron chi connectivity index (χ2n) is 6.26. The van der Waals surface area contributed by atoms with Crippen molar-refractivity contribution >= 4 is 188 Å². The van der Waals surface area contributed by atoms with E-state index >= 15 is 0 Å². The molecule has 8 heterocycles. The normalized spacial score (nSPS) is 28.0. The lowest BCUT2D eigenvalue weighted by Crippen LogP contribution is -1.74.